The third kappa shape index (κ3) is 1.13. The first-order valence-electron chi connectivity index (χ1n) is 3.79. The summed E-state index contributed by atoms with van der Waals surface area (Å²) in [7, 11) is 0. The van der Waals surface area contributed by atoms with E-state index in [0.29, 0.717) is 0 Å². The van der Waals surface area contributed by atoms with Crippen LogP contribution in [0, 0.1) is 17.1 Å². The van der Waals surface area contributed by atoms with E-state index in [9.17, 15) is 9.18 Å². The van der Waals surface area contributed by atoms with Crippen LogP contribution in [0.4, 0.5) is 4.39 Å². The number of halogens is 1. The molecule has 0 saturated carbocycles. The van der Waals surface area contributed by atoms with Crippen LogP contribution in [0.1, 0.15) is 5.56 Å². The first kappa shape index (κ1) is 8.38. The molecule has 4 nitrogen and oxygen atoms in total. The van der Waals surface area contributed by atoms with Crippen molar-refractivity contribution in [2.45, 2.75) is 0 Å². The number of rotatable bonds is 0. The van der Waals surface area contributed by atoms with Gasteiger partial charge in [0.15, 0.2) is 0 Å². The molecule has 0 atom stereocenters. The van der Waals surface area contributed by atoms with E-state index in [2.05, 4.69) is 9.97 Å². The van der Waals surface area contributed by atoms with Crippen LogP contribution in [-0.2, 0) is 0 Å². The van der Waals surface area contributed by atoms with Crippen LogP contribution in [0.25, 0.3) is 10.9 Å². The van der Waals surface area contributed by atoms with Crippen molar-refractivity contribution in [3.05, 3.63) is 40.2 Å². The molecule has 0 bridgehead atoms. The number of nitrogens with one attached hydrogen (secondary N) is 1. The lowest BCUT2D eigenvalue weighted by Gasteiger charge is -1.96. The van der Waals surface area contributed by atoms with Crippen LogP contribution in [-0.4, -0.2) is 9.97 Å². The van der Waals surface area contributed by atoms with E-state index < -0.39 is 5.82 Å². The Morgan fingerprint density at radius 2 is 2.29 bits per heavy atom. The van der Waals surface area contributed by atoms with Crippen LogP contribution in [0.5, 0.6) is 0 Å². The third-order valence-corrected chi connectivity index (χ3v) is 1.85. The number of hydrogen-bond donors (Lipinski definition) is 1. The van der Waals surface area contributed by atoms with Crippen LogP contribution >= 0.6 is 0 Å². The zero-order valence-corrected chi connectivity index (χ0v) is 6.91. The molecule has 68 valence electrons. The topological polar surface area (TPSA) is 69.5 Å². The van der Waals surface area contributed by atoms with Crippen molar-refractivity contribution < 1.29 is 4.39 Å². The first-order chi connectivity index (χ1) is 6.72. The fourth-order valence-corrected chi connectivity index (χ4v) is 1.18. The van der Waals surface area contributed by atoms with Gasteiger partial charge in [-0.25, -0.2) is 9.37 Å². The summed E-state index contributed by atoms with van der Waals surface area (Å²) in [5.74, 6) is -0.668. The van der Waals surface area contributed by atoms with Gasteiger partial charge in [-0.2, -0.15) is 5.26 Å². The molecule has 5 heteroatoms. The lowest BCUT2D eigenvalue weighted by molar-refractivity contribution is 0.625. The summed E-state index contributed by atoms with van der Waals surface area (Å²) in [6.45, 7) is 0. The molecule has 14 heavy (non-hydrogen) atoms. The minimum atomic E-state index is -0.668. The van der Waals surface area contributed by atoms with Gasteiger partial charge in [-0.1, -0.05) is 0 Å². The Hall–Kier alpha value is -2.22. The Bertz CT molecular complexity index is 597. The maximum Gasteiger partial charge on any atom is 0.258 e. The van der Waals surface area contributed by atoms with Crippen LogP contribution in [0.2, 0.25) is 0 Å². The number of nitriles is 1. The molecule has 0 fully saturated rings. The molecule has 1 aromatic carbocycles. The van der Waals surface area contributed by atoms with Gasteiger partial charge in [-0.05, 0) is 6.07 Å². The number of fused-ring (bicyclic) bond motifs is 1. The molecule has 2 aromatic rings. The van der Waals surface area contributed by atoms with Gasteiger partial charge in [-0.15, -0.1) is 0 Å². The van der Waals surface area contributed by atoms with E-state index in [1.807, 2.05) is 0 Å². The fraction of sp³-hybridized carbons (Fsp3) is 0. The van der Waals surface area contributed by atoms with Crippen molar-refractivity contribution in [2.75, 3.05) is 0 Å². The average molecular weight is 189 g/mol. The summed E-state index contributed by atoms with van der Waals surface area (Å²) in [5, 5.41) is 8.76. The summed E-state index contributed by atoms with van der Waals surface area (Å²) in [4.78, 5) is 17.4. The van der Waals surface area contributed by atoms with Crippen molar-refractivity contribution in [1.82, 2.24) is 9.97 Å². The smallest absolute Gasteiger partial charge is 0.258 e. The van der Waals surface area contributed by atoms with Crippen molar-refractivity contribution in [3.8, 4) is 6.07 Å². The highest BCUT2D eigenvalue weighted by molar-refractivity contribution is 5.78. The summed E-state index contributed by atoms with van der Waals surface area (Å²) < 4.78 is 13.1. The predicted molar refractivity (Wildman–Crippen MR) is 47.0 cm³/mol. The number of benzene rings is 1. The van der Waals surface area contributed by atoms with E-state index in [0.717, 1.165) is 6.07 Å². The molecule has 1 aromatic heterocycles. The maximum atomic E-state index is 13.1. The number of aromatic amines is 1. The van der Waals surface area contributed by atoms with E-state index in [1.54, 1.807) is 6.07 Å². The summed E-state index contributed by atoms with van der Waals surface area (Å²) in [6.07, 6.45) is 1.19. The van der Waals surface area contributed by atoms with Gasteiger partial charge < -0.3 is 4.98 Å². The summed E-state index contributed by atoms with van der Waals surface area (Å²) >= 11 is 0. The molecule has 1 N–H and O–H groups in total. The lowest BCUT2D eigenvalue weighted by Crippen LogP contribution is -2.06. The standard InChI is InChI=1S/C9H4FN3O/c10-7-2-8-6(1-5(7)3-11)9(14)13-4-12-8/h1-2,4H,(H,12,13,14). The van der Waals surface area contributed by atoms with E-state index in [4.69, 9.17) is 5.26 Å². The Balaban J connectivity index is 2.96. The van der Waals surface area contributed by atoms with Gasteiger partial charge in [0.05, 0.1) is 22.8 Å². The number of hydrogen-bond acceptors (Lipinski definition) is 3. The second-order valence-corrected chi connectivity index (χ2v) is 2.69. The minimum absolute atomic E-state index is 0.156. The van der Waals surface area contributed by atoms with E-state index in [1.165, 1.54) is 12.4 Å². The first-order valence-corrected chi connectivity index (χ1v) is 3.79. The number of H-pyrrole nitrogens is 1. The highest BCUT2D eigenvalue weighted by atomic mass is 19.1. The largest absolute Gasteiger partial charge is 0.313 e. The molecule has 0 amide bonds. The monoisotopic (exact) mass is 189 g/mol. The van der Waals surface area contributed by atoms with Gasteiger partial charge in [0.2, 0.25) is 0 Å². The molecule has 0 saturated heterocycles. The highest BCUT2D eigenvalue weighted by Gasteiger charge is 2.06. The summed E-state index contributed by atoms with van der Waals surface area (Å²) in [5.41, 5.74) is -0.298. The van der Waals surface area contributed by atoms with E-state index >= 15 is 0 Å². The lowest BCUT2D eigenvalue weighted by atomic mass is 10.1. The Kier molecular flexibility index (Phi) is 1.75. The van der Waals surface area contributed by atoms with Gasteiger partial charge in [0, 0.05) is 6.07 Å². The summed E-state index contributed by atoms with van der Waals surface area (Å²) in [6, 6.07) is 3.92. The molecule has 1 heterocycles. The maximum absolute atomic E-state index is 13.1. The van der Waals surface area contributed by atoms with Crippen LogP contribution in [0.3, 0.4) is 0 Å². The van der Waals surface area contributed by atoms with Gasteiger partial charge in [0.1, 0.15) is 11.9 Å². The van der Waals surface area contributed by atoms with Gasteiger partial charge >= 0.3 is 0 Å². The average Bonchev–Trinajstić information content (AvgIpc) is 2.17. The molecule has 0 aliphatic rings. The van der Waals surface area contributed by atoms with Crippen molar-refractivity contribution in [2.24, 2.45) is 0 Å². The Labute approximate surface area is 77.6 Å². The van der Waals surface area contributed by atoms with Crippen molar-refractivity contribution >= 4 is 10.9 Å². The molecular formula is C9H4FN3O. The third-order valence-electron chi connectivity index (χ3n) is 1.85. The van der Waals surface area contributed by atoms with Crippen molar-refractivity contribution in [1.29, 1.82) is 5.26 Å². The number of nitrogens with zero attached hydrogens (tertiary/aromatic N) is 2. The zero-order valence-electron chi connectivity index (χ0n) is 6.91. The molecule has 0 radical (unpaired) electrons. The van der Waals surface area contributed by atoms with Gasteiger partial charge in [-0.3, -0.25) is 4.79 Å². The Morgan fingerprint density at radius 3 is 3.00 bits per heavy atom. The van der Waals surface area contributed by atoms with Crippen LogP contribution < -0.4 is 5.56 Å². The minimum Gasteiger partial charge on any atom is -0.313 e. The zero-order chi connectivity index (χ0) is 10.1. The predicted octanol–water partition coefficient (Wildman–Crippen LogP) is 0.934. The molecule has 0 aliphatic heterocycles. The number of aromatic nitrogens is 2. The molecular weight excluding hydrogens is 185 g/mol. The van der Waals surface area contributed by atoms with Crippen LogP contribution in [0.15, 0.2) is 23.3 Å². The molecule has 0 spiro atoms. The van der Waals surface area contributed by atoms with Gasteiger partial charge in [0.25, 0.3) is 5.56 Å². The van der Waals surface area contributed by atoms with Crippen molar-refractivity contribution in [3.63, 3.8) is 0 Å². The molecule has 0 unspecified atom stereocenters. The highest BCUT2D eigenvalue weighted by Crippen LogP contribution is 2.12. The normalized spacial score (nSPS) is 10.0. The van der Waals surface area contributed by atoms with E-state index in [-0.39, 0.29) is 22.0 Å². The fourth-order valence-electron chi connectivity index (χ4n) is 1.18. The Morgan fingerprint density at radius 1 is 1.50 bits per heavy atom. The molecule has 2 rings (SSSR count). The quantitative estimate of drug-likeness (QED) is 0.670. The second-order valence-electron chi connectivity index (χ2n) is 2.69. The molecule has 0 aliphatic carbocycles. The SMILES string of the molecule is N#Cc1cc2c(=O)[nH]cnc2cc1F. The second kappa shape index (κ2) is 2.92.